The van der Waals surface area contributed by atoms with E-state index in [-0.39, 0.29) is 5.78 Å². The van der Waals surface area contributed by atoms with Gasteiger partial charge in [-0.3, -0.25) is 4.79 Å². The number of ketones is 1. The minimum absolute atomic E-state index is 0.140. The largest absolute Gasteiger partial charge is 0.359 e. The number of alkyl halides is 1. The van der Waals surface area contributed by atoms with Crippen molar-refractivity contribution in [3.8, 4) is 0 Å². The van der Waals surface area contributed by atoms with E-state index in [9.17, 15) is 4.79 Å². The van der Waals surface area contributed by atoms with Gasteiger partial charge in [0.05, 0.1) is 6.20 Å². The highest BCUT2D eigenvalue weighted by molar-refractivity contribution is 6.30. The maximum absolute atomic E-state index is 10.6. The summed E-state index contributed by atoms with van der Waals surface area (Å²) in [5.74, 6) is 0.257. The molecular formula is C6H6ClNO2. The summed E-state index contributed by atoms with van der Waals surface area (Å²) in [6.07, 6.45) is 1.45. The molecule has 1 aromatic heterocycles. The summed E-state index contributed by atoms with van der Waals surface area (Å²) in [5, 5.41) is 2.72. The van der Waals surface area contributed by atoms with Crippen LogP contribution in [-0.2, 0) is 4.79 Å². The van der Waals surface area contributed by atoms with Crippen molar-refractivity contribution >= 4 is 17.4 Å². The molecule has 0 aliphatic carbocycles. The molecule has 0 aliphatic heterocycles. The summed E-state index contributed by atoms with van der Waals surface area (Å²) in [6.45, 7) is 1.40. The molecule has 0 amide bonds. The van der Waals surface area contributed by atoms with Gasteiger partial charge in [0.15, 0.2) is 16.9 Å². The van der Waals surface area contributed by atoms with Gasteiger partial charge >= 0.3 is 0 Å². The molecule has 0 saturated heterocycles. The second-order valence-electron chi connectivity index (χ2n) is 1.89. The second kappa shape index (κ2) is 2.84. The Morgan fingerprint density at radius 3 is 3.00 bits per heavy atom. The molecule has 0 spiro atoms. The van der Waals surface area contributed by atoms with Crippen LogP contribution >= 0.6 is 11.6 Å². The van der Waals surface area contributed by atoms with Gasteiger partial charge in [0, 0.05) is 6.07 Å². The number of carbonyl (C=O) groups is 1. The van der Waals surface area contributed by atoms with Gasteiger partial charge in [-0.2, -0.15) is 0 Å². The smallest absolute Gasteiger partial charge is 0.162 e. The Labute approximate surface area is 63.0 Å². The van der Waals surface area contributed by atoms with Crippen LogP contribution in [0.3, 0.4) is 0 Å². The van der Waals surface area contributed by atoms with Gasteiger partial charge in [-0.15, -0.1) is 11.6 Å². The third-order valence-corrected chi connectivity index (χ3v) is 1.59. The molecule has 0 aromatic carbocycles. The Morgan fingerprint density at radius 2 is 2.60 bits per heavy atom. The SMILES string of the molecule is CC(=O)C(Cl)c1ccno1. The molecule has 1 unspecified atom stereocenters. The molecule has 4 heteroatoms. The molecule has 1 aromatic rings. The third kappa shape index (κ3) is 1.36. The highest BCUT2D eigenvalue weighted by Gasteiger charge is 2.15. The van der Waals surface area contributed by atoms with E-state index in [0.29, 0.717) is 5.76 Å². The minimum Gasteiger partial charge on any atom is -0.359 e. The van der Waals surface area contributed by atoms with Crippen LogP contribution in [0.5, 0.6) is 0 Å². The zero-order valence-electron chi connectivity index (χ0n) is 5.37. The van der Waals surface area contributed by atoms with Gasteiger partial charge in [-0.25, -0.2) is 0 Å². The Kier molecular flexibility index (Phi) is 2.06. The Morgan fingerprint density at radius 1 is 1.90 bits per heavy atom. The number of rotatable bonds is 2. The van der Waals surface area contributed by atoms with Crippen molar-refractivity contribution in [1.29, 1.82) is 0 Å². The standard InChI is InChI=1S/C6H6ClNO2/c1-4(9)6(7)5-2-3-8-10-5/h2-3,6H,1H3. The third-order valence-electron chi connectivity index (χ3n) is 1.06. The highest BCUT2D eigenvalue weighted by Crippen LogP contribution is 2.19. The fourth-order valence-corrected chi connectivity index (χ4v) is 0.669. The Hall–Kier alpha value is -0.830. The van der Waals surface area contributed by atoms with Crippen molar-refractivity contribution in [2.75, 3.05) is 0 Å². The van der Waals surface area contributed by atoms with Crippen molar-refractivity contribution in [3.63, 3.8) is 0 Å². The van der Waals surface area contributed by atoms with Crippen LogP contribution in [0, 0.1) is 0 Å². The molecule has 0 radical (unpaired) electrons. The number of hydrogen-bond acceptors (Lipinski definition) is 3. The summed E-state index contributed by atoms with van der Waals surface area (Å²) >= 11 is 5.60. The van der Waals surface area contributed by atoms with E-state index in [1.54, 1.807) is 6.07 Å². The molecule has 0 N–H and O–H groups in total. The average Bonchev–Trinajstić information content (AvgIpc) is 2.36. The van der Waals surface area contributed by atoms with Crippen LogP contribution < -0.4 is 0 Å². The minimum atomic E-state index is -0.692. The lowest BCUT2D eigenvalue weighted by Gasteiger charge is -1.96. The molecule has 3 nitrogen and oxygen atoms in total. The molecule has 1 heterocycles. The van der Waals surface area contributed by atoms with Crippen LogP contribution in [0.4, 0.5) is 0 Å². The quantitative estimate of drug-likeness (QED) is 0.615. The van der Waals surface area contributed by atoms with Crippen molar-refractivity contribution in [2.24, 2.45) is 0 Å². The van der Waals surface area contributed by atoms with E-state index in [1.807, 2.05) is 0 Å². The van der Waals surface area contributed by atoms with E-state index < -0.39 is 5.38 Å². The number of Topliss-reactive ketones (excluding diaryl/α,β-unsaturated/α-hetero) is 1. The molecular weight excluding hydrogens is 154 g/mol. The first-order valence-corrected chi connectivity index (χ1v) is 3.20. The highest BCUT2D eigenvalue weighted by atomic mass is 35.5. The predicted molar refractivity (Wildman–Crippen MR) is 35.8 cm³/mol. The maximum atomic E-state index is 10.6. The zero-order chi connectivity index (χ0) is 7.56. The van der Waals surface area contributed by atoms with Gasteiger partial charge in [-0.1, -0.05) is 5.16 Å². The van der Waals surface area contributed by atoms with Crippen LogP contribution in [0.1, 0.15) is 18.1 Å². The first-order chi connectivity index (χ1) is 4.72. The lowest BCUT2D eigenvalue weighted by atomic mass is 10.2. The van der Waals surface area contributed by atoms with Gasteiger partial charge in [-0.05, 0) is 6.92 Å². The fraction of sp³-hybridized carbons (Fsp3) is 0.333. The molecule has 0 fully saturated rings. The molecule has 54 valence electrons. The van der Waals surface area contributed by atoms with E-state index in [2.05, 4.69) is 9.68 Å². The first-order valence-electron chi connectivity index (χ1n) is 2.77. The predicted octanol–water partition coefficient (Wildman–Crippen LogP) is 1.54. The normalized spacial score (nSPS) is 13.0. The van der Waals surface area contributed by atoms with Crippen LogP contribution in [0.2, 0.25) is 0 Å². The molecule has 1 rings (SSSR count). The Balaban J connectivity index is 2.77. The van der Waals surface area contributed by atoms with Crippen LogP contribution in [0.15, 0.2) is 16.8 Å². The monoisotopic (exact) mass is 159 g/mol. The molecule has 0 bridgehead atoms. The van der Waals surface area contributed by atoms with E-state index in [4.69, 9.17) is 11.6 Å². The van der Waals surface area contributed by atoms with Gasteiger partial charge < -0.3 is 4.52 Å². The lowest BCUT2D eigenvalue weighted by Crippen LogP contribution is -1.99. The fourth-order valence-electron chi connectivity index (χ4n) is 0.557. The summed E-state index contributed by atoms with van der Waals surface area (Å²) in [5.41, 5.74) is 0. The maximum Gasteiger partial charge on any atom is 0.162 e. The van der Waals surface area contributed by atoms with Crippen LogP contribution in [0.25, 0.3) is 0 Å². The summed E-state index contributed by atoms with van der Waals surface area (Å²) in [4.78, 5) is 10.6. The first kappa shape index (κ1) is 7.28. The molecule has 10 heavy (non-hydrogen) atoms. The summed E-state index contributed by atoms with van der Waals surface area (Å²) in [7, 11) is 0. The Bertz CT molecular complexity index is 220. The van der Waals surface area contributed by atoms with Crippen molar-refractivity contribution in [2.45, 2.75) is 12.3 Å². The second-order valence-corrected chi connectivity index (χ2v) is 2.32. The number of nitrogens with zero attached hydrogens (tertiary/aromatic N) is 1. The topological polar surface area (TPSA) is 43.1 Å². The summed E-state index contributed by atoms with van der Waals surface area (Å²) in [6, 6.07) is 1.57. The van der Waals surface area contributed by atoms with Crippen molar-refractivity contribution in [3.05, 3.63) is 18.0 Å². The van der Waals surface area contributed by atoms with Gasteiger partial charge in [0.1, 0.15) is 0 Å². The molecule has 0 aliphatic rings. The average molecular weight is 160 g/mol. The lowest BCUT2D eigenvalue weighted by molar-refractivity contribution is -0.117. The van der Waals surface area contributed by atoms with Crippen molar-refractivity contribution < 1.29 is 9.32 Å². The van der Waals surface area contributed by atoms with E-state index in [1.165, 1.54) is 13.1 Å². The van der Waals surface area contributed by atoms with Crippen LogP contribution in [-0.4, -0.2) is 10.9 Å². The van der Waals surface area contributed by atoms with E-state index >= 15 is 0 Å². The number of halogens is 1. The number of hydrogen-bond donors (Lipinski definition) is 0. The number of aromatic nitrogens is 1. The zero-order valence-corrected chi connectivity index (χ0v) is 6.13. The van der Waals surface area contributed by atoms with E-state index in [0.717, 1.165) is 0 Å². The summed E-state index contributed by atoms with van der Waals surface area (Å²) < 4.78 is 4.65. The number of carbonyl (C=O) groups excluding carboxylic acids is 1. The van der Waals surface area contributed by atoms with Gasteiger partial charge in [0.25, 0.3) is 0 Å². The molecule has 0 saturated carbocycles. The van der Waals surface area contributed by atoms with Gasteiger partial charge in [0.2, 0.25) is 0 Å². The molecule has 1 atom stereocenters. The van der Waals surface area contributed by atoms with Crippen molar-refractivity contribution in [1.82, 2.24) is 5.16 Å².